The number of hydrogen-bond donors (Lipinski definition) is 0. The van der Waals surface area contributed by atoms with Crippen molar-refractivity contribution in [2.24, 2.45) is 11.3 Å². The number of alkyl halides is 2. The van der Waals surface area contributed by atoms with Gasteiger partial charge in [-0.2, -0.15) is 0 Å². The molecule has 122 valence electrons. The summed E-state index contributed by atoms with van der Waals surface area (Å²) in [5.74, 6) is -2.22. The molecule has 0 radical (unpaired) electrons. The van der Waals surface area contributed by atoms with Crippen molar-refractivity contribution in [2.45, 2.75) is 45.1 Å². The van der Waals surface area contributed by atoms with Crippen LogP contribution in [0.25, 0.3) is 0 Å². The van der Waals surface area contributed by atoms with Crippen LogP contribution >= 0.6 is 0 Å². The van der Waals surface area contributed by atoms with Gasteiger partial charge >= 0.3 is 0 Å². The second kappa shape index (κ2) is 5.14. The fourth-order valence-corrected chi connectivity index (χ4v) is 4.26. The average molecular weight is 302 g/mol. The van der Waals surface area contributed by atoms with Crippen LogP contribution in [0.4, 0.5) is 8.78 Å². The van der Waals surface area contributed by atoms with Gasteiger partial charge in [0.15, 0.2) is 0 Å². The molecular formula is C16H28F2N2O. The van der Waals surface area contributed by atoms with E-state index in [0.717, 1.165) is 19.5 Å². The van der Waals surface area contributed by atoms with Crippen LogP contribution in [0.5, 0.6) is 0 Å². The highest BCUT2D eigenvalue weighted by Crippen LogP contribution is 2.52. The van der Waals surface area contributed by atoms with Crippen molar-refractivity contribution in [3.63, 3.8) is 0 Å². The summed E-state index contributed by atoms with van der Waals surface area (Å²) in [5.41, 5.74) is -0.917. The lowest BCUT2D eigenvalue weighted by Crippen LogP contribution is -2.75. The maximum absolute atomic E-state index is 14.8. The molecular weight excluding hydrogens is 274 g/mol. The van der Waals surface area contributed by atoms with Gasteiger partial charge in [0.2, 0.25) is 0 Å². The normalized spacial score (nSPS) is 31.1. The number of likely N-dealkylation sites (tertiary alicyclic amines) is 2. The first-order valence-corrected chi connectivity index (χ1v) is 8.28. The molecule has 5 heteroatoms. The van der Waals surface area contributed by atoms with Gasteiger partial charge in [0, 0.05) is 13.1 Å². The van der Waals surface area contributed by atoms with Gasteiger partial charge in [-0.3, -0.25) is 4.90 Å². The highest BCUT2D eigenvalue weighted by Gasteiger charge is 2.64. The SMILES string of the molecule is CCCN1CC2(CCN(C3(C(C)C)COC3)CC2(F)F)C1. The van der Waals surface area contributed by atoms with Gasteiger partial charge in [-0.05, 0) is 31.8 Å². The molecule has 3 heterocycles. The number of nitrogens with zero attached hydrogens (tertiary/aromatic N) is 2. The topological polar surface area (TPSA) is 15.7 Å². The summed E-state index contributed by atoms with van der Waals surface area (Å²) in [5, 5.41) is 0. The molecule has 3 aliphatic rings. The highest BCUT2D eigenvalue weighted by molar-refractivity contribution is 5.11. The van der Waals surface area contributed by atoms with Crippen molar-refractivity contribution in [1.29, 1.82) is 0 Å². The molecule has 3 saturated heterocycles. The average Bonchev–Trinajstić information content (AvgIpc) is 2.27. The lowest BCUT2D eigenvalue weighted by atomic mass is 9.67. The second-order valence-corrected chi connectivity index (χ2v) is 7.62. The Balaban J connectivity index is 1.68. The third kappa shape index (κ3) is 2.23. The Kier molecular flexibility index (Phi) is 3.82. The van der Waals surface area contributed by atoms with Crippen molar-refractivity contribution in [1.82, 2.24) is 9.80 Å². The number of hydrogen-bond acceptors (Lipinski definition) is 3. The molecule has 3 fully saturated rings. The van der Waals surface area contributed by atoms with Gasteiger partial charge < -0.3 is 9.64 Å². The minimum absolute atomic E-state index is 0.0888. The molecule has 0 unspecified atom stereocenters. The third-order valence-electron chi connectivity index (χ3n) is 6.03. The first kappa shape index (κ1) is 15.6. The van der Waals surface area contributed by atoms with Gasteiger partial charge in [0.1, 0.15) is 0 Å². The van der Waals surface area contributed by atoms with Crippen LogP contribution in [0.3, 0.4) is 0 Å². The monoisotopic (exact) mass is 302 g/mol. The molecule has 0 aromatic carbocycles. The molecule has 0 N–H and O–H groups in total. The first-order valence-electron chi connectivity index (χ1n) is 8.28. The molecule has 1 spiro atoms. The molecule has 0 aromatic heterocycles. The summed E-state index contributed by atoms with van der Waals surface area (Å²) < 4.78 is 35.0. The lowest BCUT2D eigenvalue weighted by Gasteiger charge is -2.62. The van der Waals surface area contributed by atoms with E-state index in [2.05, 4.69) is 25.7 Å². The van der Waals surface area contributed by atoms with E-state index < -0.39 is 11.3 Å². The fraction of sp³-hybridized carbons (Fsp3) is 1.00. The molecule has 0 amide bonds. The highest BCUT2D eigenvalue weighted by atomic mass is 19.3. The lowest BCUT2D eigenvalue weighted by molar-refractivity contribution is -0.261. The maximum Gasteiger partial charge on any atom is 0.268 e. The zero-order chi connectivity index (χ0) is 15.3. The number of piperidine rings is 1. The van der Waals surface area contributed by atoms with E-state index in [1.165, 1.54) is 0 Å². The molecule has 0 bridgehead atoms. The van der Waals surface area contributed by atoms with Crippen molar-refractivity contribution in [3.05, 3.63) is 0 Å². The molecule has 0 aromatic rings. The Bertz CT molecular complexity index is 390. The van der Waals surface area contributed by atoms with Crippen LogP contribution in [0.2, 0.25) is 0 Å². The summed E-state index contributed by atoms with van der Waals surface area (Å²) >= 11 is 0. The minimum Gasteiger partial charge on any atom is -0.377 e. The van der Waals surface area contributed by atoms with Gasteiger partial charge in [0.25, 0.3) is 5.92 Å². The molecule has 0 atom stereocenters. The summed E-state index contributed by atoms with van der Waals surface area (Å²) in [7, 11) is 0. The van der Waals surface area contributed by atoms with Crippen LogP contribution in [-0.4, -0.2) is 67.2 Å². The predicted molar refractivity (Wildman–Crippen MR) is 78.7 cm³/mol. The summed E-state index contributed by atoms with van der Waals surface area (Å²) in [6, 6.07) is 0. The minimum atomic E-state index is -2.58. The quantitative estimate of drug-likeness (QED) is 0.793. The largest absolute Gasteiger partial charge is 0.377 e. The van der Waals surface area contributed by atoms with Gasteiger partial charge in [0.05, 0.1) is 30.7 Å². The zero-order valence-electron chi connectivity index (χ0n) is 13.5. The molecule has 21 heavy (non-hydrogen) atoms. The van der Waals surface area contributed by atoms with Crippen LogP contribution in [0.15, 0.2) is 0 Å². The Morgan fingerprint density at radius 2 is 1.81 bits per heavy atom. The van der Waals surface area contributed by atoms with Crippen LogP contribution in [0.1, 0.15) is 33.6 Å². The molecule has 3 nitrogen and oxygen atoms in total. The fourth-order valence-electron chi connectivity index (χ4n) is 4.26. The van der Waals surface area contributed by atoms with Crippen molar-refractivity contribution in [2.75, 3.05) is 45.9 Å². The predicted octanol–water partition coefficient (Wildman–Crippen LogP) is 2.46. The molecule has 3 aliphatic heterocycles. The van der Waals surface area contributed by atoms with E-state index in [0.29, 0.717) is 38.6 Å². The zero-order valence-corrected chi connectivity index (χ0v) is 13.5. The number of rotatable bonds is 4. The smallest absolute Gasteiger partial charge is 0.268 e. The Morgan fingerprint density at radius 3 is 2.24 bits per heavy atom. The van der Waals surface area contributed by atoms with E-state index >= 15 is 0 Å². The Morgan fingerprint density at radius 1 is 1.14 bits per heavy atom. The van der Waals surface area contributed by atoms with Gasteiger partial charge in [-0.15, -0.1) is 0 Å². The van der Waals surface area contributed by atoms with E-state index in [9.17, 15) is 8.78 Å². The van der Waals surface area contributed by atoms with Crippen molar-refractivity contribution in [3.8, 4) is 0 Å². The number of halogens is 2. The maximum atomic E-state index is 14.8. The van der Waals surface area contributed by atoms with Crippen LogP contribution in [-0.2, 0) is 4.74 Å². The number of ether oxygens (including phenoxy) is 1. The Hall–Kier alpha value is -0.260. The van der Waals surface area contributed by atoms with Crippen LogP contribution < -0.4 is 0 Å². The van der Waals surface area contributed by atoms with E-state index in [4.69, 9.17) is 4.74 Å². The molecule has 0 saturated carbocycles. The standard InChI is InChI=1S/C16H28F2N2O/c1-4-6-19-8-14(9-19)5-7-20(10-16(14,17)18)15(13(2)3)11-21-12-15/h13H,4-12H2,1-3H3. The Labute approximate surface area is 126 Å². The molecule has 3 rings (SSSR count). The van der Waals surface area contributed by atoms with Crippen molar-refractivity contribution < 1.29 is 13.5 Å². The summed E-state index contributed by atoms with van der Waals surface area (Å²) in [6.45, 7) is 10.4. The third-order valence-corrected chi connectivity index (χ3v) is 6.03. The van der Waals surface area contributed by atoms with E-state index in [1.54, 1.807) is 0 Å². The summed E-state index contributed by atoms with van der Waals surface area (Å²) in [4.78, 5) is 4.20. The first-order chi connectivity index (χ1) is 9.85. The molecule has 0 aliphatic carbocycles. The van der Waals surface area contributed by atoms with Gasteiger partial charge in [-0.1, -0.05) is 20.8 Å². The van der Waals surface area contributed by atoms with Crippen LogP contribution in [0, 0.1) is 11.3 Å². The van der Waals surface area contributed by atoms with E-state index in [1.807, 2.05) is 4.90 Å². The summed E-state index contributed by atoms with van der Waals surface area (Å²) in [6.07, 6.45) is 1.66. The van der Waals surface area contributed by atoms with Crippen molar-refractivity contribution >= 4 is 0 Å². The van der Waals surface area contributed by atoms with E-state index in [-0.39, 0.29) is 12.1 Å². The second-order valence-electron chi connectivity index (χ2n) is 7.62. The van der Waals surface area contributed by atoms with Gasteiger partial charge in [-0.25, -0.2) is 8.78 Å².